The zero-order valence-corrected chi connectivity index (χ0v) is 13.0. The van der Waals surface area contributed by atoms with Crippen molar-refractivity contribution in [2.24, 2.45) is 5.92 Å². The van der Waals surface area contributed by atoms with Crippen LogP contribution in [-0.4, -0.2) is 25.0 Å². The summed E-state index contributed by atoms with van der Waals surface area (Å²) in [5.41, 5.74) is 0.737. The van der Waals surface area contributed by atoms with Crippen LogP contribution in [0.3, 0.4) is 0 Å². The summed E-state index contributed by atoms with van der Waals surface area (Å²) < 4.78 is 0. The first-order valence-electron chi connectivity index (χ1n) is 7.24. The number of hydrogen-bond donors (Lipinski definition) is 2. The summed E-state index contributed by atoms with van der Waals surface area (Å²) in [4.78, 5) is 12.4. The smallest absolute Gasteiger partial charge is 0.251 e. The molecule has 0 aromatic heterocycles. The highest BCUT2D eigenvalue weighted by atomic mass is 35.5. The van der Waals surface area contributed by atoms with Crippen LogP contribution in [0.4, 0.5) is 0 Å². The molecule has 1 fully saturated rings. The number of carbonyl (C=O) groups is 1. The molecule has 1 aliphatic heterocycles. The number of benzene rings is 2. The van der Waals surface area contributed by atoms with Crippen molar-refractivity contribution in [3.8, 4) is 0 Å². The van der Waals surface area contributed by atoms with E-state index in [2.05, 4.69) is 23.6 Å². The van der Waals surface area contributed by atoms with E-state index in [9.17, 15) is 4.79 Å². The number of amides is 1. The van der Waals surface area contributed by atoms with Gasteiger partial charge in [0, 0.05) is 18.2 Å². The van der Waals surface area contributed by atoms with Gasteiger partial charge in [-0.2, -0.15) is 0 Å². The zero-order chi connectivity index (χ0) is 13.9. The minimum Gasteiger partial charge on any atom is -0.348 e. The van der Waals surface area contributed by atoms with Crippen LogP contribution in [0.15, 0.2) is 42.5 Å². The van der Waals surface area contributed by atoms with Crippen molar-refractivity contribution in [2.75, 3.05) is 13.1 Å². The van der Waals surface area contributed by atoms with Gasteiger partial charge in [0.1, 0.15) is 0 Å². The second-order valence-corrected chi connectivity index (χ2v) is 5.61. The first-order chi connectivity index (χ1) is 9.74. The molecule has 21 heavy (non-hydrogen) atoms. The monoisotopic (exact) mass is 304 g/mol. The van der Waals surface area contributed by atoms with E-state index in [0.717, 1.165) is 35.8 Å². The maximum Gasteiger partial charge on any atom is 0.251 e. The van der Waals surface area contributed by atoms with Gasteiger partial charge in [0.05, 0.1) is 0 Å². The summed E-state index contributed by atoms with van der Waals surface area (Å²) >= 11 is 0. The molecule has 0 spiro atoms. The summed E-state index contributed by atoms with van der Waals surface area (Å²) in [5, 5.41) is 8.76. The number of piperidine rings is 1. The van der Waals surface area contributed by atoms with Crippen LogP contribution < -0.4 is 10.6 Å². The van der Waals surface area contributed by atoms with Gasteiger partial charge < -0.3 is 10.6 Å². The van der Waals surface area contributed by atoms with E-state index in [-0.39, 0.29) is 24.4 Å². The molecular formula is C17H21ClN2O. The Morgan fingerprint density at radius 2 is 1.95 bits per heavy atom. The topological polar surface area (TPSA) is 41.1 Å². The molecule has 1 amide bonds. The van der Waals surface area contributed by atoms with Crippen molar-refractivity contribution in [1.82, 2.24) is 10.6 Å². The molecule has 2 N–H and O–H groups in total. The molecule has 1 aliphatic rings. The van der Waals surface area contributed by atoms with E-state index in [4.69, 9.17) is 0 Å². The van der Waals surface area contributed by atoms with Gasteiger partial charge in [0.2, 0.25) is 0 Å². The van der Waals surface area contributed by atoms with Gasteiger partial charge in [-0.05, 0) is 41.8 Å². The van der Waals surface area contributed by atoms with E-state index < -0.39 is 0 Å². The first kappa shape index (κ1) is 15.8. The van der Waals surface area contributed by atoms with Gasteiger partial charge in [-0.15, -0.1) is 12.4 Å². The summed E-state index contributed by atoms with van der Waals surface area (Å²) in [6.45, 7) is 4.11. The summed E-state index contributed by atoms with van der Waals surface area (Å²) in [6.07, 6.45) is 1.11. The maximum atomic E-state index is 12.4. The molecule has 0 bridgehead atoms. The van der Waals surface area contributed by atoms with Crippen molar-refractivity contribution in [2.45, 2.75) is 19.4 Å². The fourth-order valence-corrected chi connectivity index (χ4v) is 2.77. The van der Waals surface area contributed by atoms with Crippen molar-refractivity contribution >= 4 is 29.1 Å². The second-order valence-electron chi connectivity index (χ2n) is 5.61. The molecule has 3 rings (SSSR count). The highest BCUT2D eigenvalue weighted by Gasteiger charge is 2.22. The predicted molar refractivity (Wildman–Crippen MR) is 89.1 cm³/mol. The Morgan fingerprint density at radius 1 is 1.19 bits per heavy atom. The van der Waals surface area contributed by atoms with E-state index in [1.54, 1.807) is 0 Å². The fourth-order valence-electron chi connectivity index (χ4n) is 2.77. The molecule has 1 heterocycles. The van der Waals surface area contributed by atoms with Gasteiger partial charge in [0.25, 0.3) is 5.91 Å². The Labute approximate surface area is 131 Å². The average Bonchev–Trinajstić information content (AvgIpc) is 2.49. The highest BCUT2D eigenvalue weighted by molar-refractivity contribution is 5.98. The van der Waals surface area contributed by atoms with Crippen LogP contribution in [0, 0.1) is 5.92 Å². The Kier molecular flexibility index (Phi) is 5.21. The van der Waals surface area contributed by atoms with Gasteiger partial charge in [-0.3, -0.25) is 4.79 Å². The second kappa shape index (κ2) is 6.92. The number of nitrogens with one attached hydrogen (secondary N) is 2. The Morgan fingerprint density at radius 3 is 2.71 bits per heavy atom. The van der Waals surface area contributed by atoms with E-state index in [1.807, 2.05) is 36.4 Å². The highest BCUT2D eigenvalue weighted by Crippen LogP contribution is 2.17. The van der Waals surface area contributed by atoms with Crippen LogP contribution in [0.25, 0.3) is 10.8 Å². The Balaban J connectivity index is 0.00000161. The number of fused-ring (bicyclic) bond motifs is 1. The number of hydrogen-bond acceptors (Lipinski definition) is 2. The van der Waals surface area contributed by atoms with Crippen LogP contribution >= 0.6 is 12.4 Å². The third-order valence-electron chi connectivity index (χ3n) is 4.16. The maximum absolute atomic E-state index is 12.4. The molecule has 2 atom stereocenters. The lowest BCUT2D eigenvalue weighted by atomic mass is 9.94. The van der Waals surface area contributed by atoms with Gasteiger partial charge in [-0.25, -0.2) is 0 Å². The van der Waals surface area contributed by atoms with Crippen LogP contribution in [-0.2, 0) is 0 Å². The van der Waals surface area contributed by atoms with Crippen molar-refractivity contribution < 1.29 is 4.79 Å². The standard InChI is InChI=1S/C17H20N2O.ClH/c1-12-8-9-18-11-16(12)19-17(20)15-7-6-13-4-2-3-5-14(13)10-15;/h2-7,10,12,16,18H,8-9,11H2,1H3,(H,19,20);1H. The fraction of sp³-hybridized carbons (Fsp3) is 0.353. The number of carbonyl (C=O) groups excluding carboxylic acids is 1. The van der Waals surface area contributed by atoms with Crippen LogP contribution in [0.5, 0.6) is 0 Å². The Bertz CT molecular complexity index is 629. The lowest BCUT2D eigenvalue weighted by Gasteiger charge is -2.30. The van der Waals surface area contributed by atoms with E-state index in [1.165, 1.54) is 0 Å². The molecule has 2 unspecified atom stereocenters. The van der Waals surface area contributed by atoms with E-state index >= 15 is 0 Å². The normalized spacial score (nSPS) is 21.6. The SMILES string of the molecule is CC1CCNCC1NC(=O)c1ccc2ccccc2c1.Cl. The molecule has 1 saturated heterocycles. The molecule has 112 valence electrons. The largest absolute Gasteiger partial charge is 0.348 e. The molecule has 2 aromatic rings. The van der Waals surface area contributed by atoms with Gasteiger partial charge >= 0.3 is 0 Å². The van der Waals surface area contributed by atoms with Crippen LogP contribution in [0.1, 0.15) is 23.7 Å². The van der Waals surface area contributed by atoms with Crippen molar-refractivity contribution in [3.63, 3.8) is 0 Å². The molecule has 0 aliphatic carbocycles. The Hall–Kier alpha value is -1.58. The predicted octanol–water partition coefficient (Wildman–Crippen LogP) is 2.99. The van der Waals surface area contributed by atoms with Crippen molar-refractivity contribution in [1.29, 1.82) is 0 Å². The quantitative estimate of drug-likeness (QED) is 0.895. The van der Waals surface area contributed by atoms with Gasteiger partial charge in [0.15, 0.2) is 0 Å². The number of rotatable bonds is 2. The molecule has 2 aromatic carbocycles. The summed E-state index contributed by atoms with van der Waals surface area (Å²) in [7, 11) is 0. The summed E-state index contributed by atoms with van der Waals surface area (Å²) in [6, 6.07) is 14.2. The average molecular weight is 305 g/mol. The third kappa shape index (κ3) is 3.55. The van der Waals surface area contributed by atoms with Gasteiger partial charge in [-0.1, -0.05) is 37.3 Å². The lowest BCUT2D eigenvalue weighted by Crippen LogP contribution is -2.50. The number of halogens is 1. The summed E-state index contributed by atoms with van der Waals surface area (Å²) in [5.74, 6) is 0.553. The lowest BCUT2D eigenvalue weighted by molar-refractivity contribution is 0.0915. The molecule has 0 radical (unpaired) electrons. The van der Waals surface area contributed by atoms with Crippen molar-refractivity contribution in [3.05, 3.63) is 48.0 Å². The van der Waals surface area contributed by atoms with Crippen LogP contribution in [0.2, 0.25) is 0 Å². The van der Waals surface area contributed by atoms with E-state index in [0.29, 0.717) is 5.92 Å². The molecule has 0 saturated carbocycles. The first-order valence-corrected chi connectivity index (χ1v) is 7.24. The molecule has 3 nitrogen and oxygen atoms in total. The zero-order valence-electron chi connectivity index (χ0n) is 12.1. The third-order valence-corrected chi connectivity index (χ3v) is 4.16. The molecular weight excluding hydrogens is 284 g/mol. The molecule has 4 heteroatoms. The minimum atomic E-state index is 0. The minimum absolute atomic E-state index is 0.